The Hall–Kier alpha value is -2.87. The number of hydrogen-bond donors (Lipinski definition) is 1. The summed E-state index contributed by atoms with van der Waals surface area (Å²) in [6.07, 6.45) is 2.32. The molecule has 0 unspecified atom stereocenters. The fourth-order valence-electron chi connectivity index (χ4n) is 3.36. The number of nitrogens with one attached hydrogen (secondary N) is 1. The van der Waals surface area contributed by atoms with Gasteiger partial charge in [0.1, 0.15) is 5.75 Å². The normalized spacial score (nSPS) is 16.2. The van der Waals surface area contributed by atoms with Crippen molar-refractivity contribution in [2.75, 3.05) is 19.7 Å². The minimum atomic E-state index is -0.392. The fraction of sp³-hybridized carbons (Fsp3) is 0.450. The number of aromatic nitrogens is 2. The molecular formula is C20H26N4O4. The molecule has 1 N–H and O–H groups in total. The van der Waals surface area contributed by atoms with Crippen LogP contribution in [0.5, 0.6) is 5.75 Å². The zero-order chi connectivity index (χ0) is 20.3. The second kappa shape index (κ2) is 8.43. The standard InChI is InChI=1S/C20H26N4O4/c1-14-4-6-17(7-5-14)28-13-18(25)24(16-8-9-21-10-16)12-15-11-22(2)20(27)23(3)19(15)26/h4-7,11,16,21H,8-10,12-13H2,1-3H3/t16-/m1/s1. The summed E-state index contributed by atoms with van der Waals surface area (Å²) in [5.41, 5.74) is 0.742. The summed E-state index contributed by atoms with van der Waals surface area (Å²) in [4.78, 5) is 39.0. The number of rotatable bonds is 6. The van der Waals surface area contributed by atoms with Crippen LogP contribution in [0.2, 0.25) is 0 Å². The van der Waals surface area contributed by atoms with Crippen molar-refractivity contribution >= 4 is 5.91 Å². The maximum absolute atomic E-state index is 12.9. The van der Waals surface area contributed by atoms with E-state index in [-0.39, 0.29) is 30.7 Å². The number of benzene rings is 1. The zero-order valence-corrected chi connectivity index (χ0v) is 16.5. The Labute approximate surface area is 163 Å². The van der Waals surface area contributed by atoms with Crippen LogP contribution in [0.15, 0.2) is 40.1 Å². The molecule has 1 aromatic heterocycles. The summed E-state index contributed by atoms with van der Waals surface area (Å²) in [5.74, 6) is 0.437. The highest BCUT2D eigenvalue weighted by Crippen LogP contribution is 2.15. The highest BCUT2D eigenvalue weighted by molar-refractivity contribution is 5.78. The minimum absolute atomic E-state index is 0.0175. The summed E-state index contributed by atoms with van der Waals surface area (Å²) < 4.78 is 8.07. The Morgan fingerprint density at radius 1 is 1.25 bits per heavy atom. The minimum Gasteiger partial charge on any atom is -0.484 e. The Morgan fingerprint density at radius 3 is 2.61 bits per heavy atom. The molecule has 1 atom stereocenters. The average Bonchev–Trinajstić information content (AvgIpc) is 3.22. The first-order valence-corrected chi connectivity index (χ1v) is 9.32. The van der Waals surface area contributed by atoms with Crippen LogP contribution in [0.3, 0.4) is 0 Å². The van der Waals surface area contributed by atoms with Crippen LogP contribution in [-0.2, 0) is 25.4 Å². The van der Waals surface area contributed by atoms with Crippen LogP contribution in [-0.4, -0.2) is 45.7 Å². The number of ether oxygens (including phenoxy) is 1. The largest absolute Gasteiger partial charge is 0.484 e. The lowest BCUT2D eigenvalue weighted by atomic mass is 10.2. The van der Waals surface area contributed by atoms with E-state index in [1.165, 1.54) is 17.8 Å². The van der Waals surface area contributed by atoms with Crippen LogP contribution in [0.1, 0.15) is 17.5 Å². The summed E-state index contributed by atoms with van der Waals surface area (Å²) in [6.45, 7) is 3.51. The number of nitrogens with zero attached hydrogens (tertiary/aromatic N) is 3. The van der Waals surface area contributed by atoms with Gasteiger partial charge in [0, 0.05) is 32.9 Å². The number of carbonyl (C=O) groups is 1. The number of aryl methyl sites for hydroxylation is 2. The van der Waals surface area contributed by atoms with Gasteiger partial charge in [-0.15, -0.1) is 0 Å². The molecule has 2 heterocycles. The van der Waals surface area contributed by atoms with Crippen molar-refractivity contribution in [1.82, 2.24) is 19.4 Å². The third-order valence-corrected chi connectivity index (χ3v) is 5.04. The van der Waals surface area contributed by atoms with Gasteiger partial charge in [0.25, 0.3) is 11.5 Å². The summed E-state index contributed by atoms with van der Waals surface area (Å²) >= 11 is 0. The third kappa shape index (κ3) is 4.33. The van der Waals surface area contributed by atoms with Crippen LogP contribution >= 0.6 is 0 Å². The smallest absolute Gasteiger partial charge is 0.330 e. The predicted molar refractivity (Wildman–Crippen MR) is 105 cm³/mol. The van der Waals surface area contributed by atoms with E-state index in [1.807, 2.05) is 31.2 Å². The maximum atomic E-state index is 12.9. The Balaban J connectivity index is 1.79. The molecule has 0 bridgehead atoms. The number of amides is 1. The van der Waals surface area contributed by atoms with E-state index in [2.05, 4.69) is 5.32 Å². The van der Waals surface area contributed by atoms with Crippen LogP contribution in [0.25, 0.3) is 0 Å². The number of hydrogen-bond acceptors (Lipinski definition) is 5. The monoisotopic (exact) mass is 386 g/mol. The van der Waals surface area contributed by atoms with E-state index in [0.29, 0.717) is 17.9 Å². The zero-order valence-electron chi connectivity index (χ0n) is 16.5. The van der Waals surface area contributed by atoms with E-state index in [9.17, 15) is 14.4 Å². The van der Waals surface area contributed by atoms with Gasteiger partial charge in [-0.25, -0.2) is 4.79 Å². The Bertz CT molecular complexity index is 956. The highest BCUT2D eigenvalue weighted by Gasteiger charge is 2.28. The van der Waals surface area contributed by atoms with Crippen molar-refractivity contribution in [1.29, 1.82) is 0 Å². The lowest BCUT2D eigenvalue weighted by molar-refractivity contribution is -0.136. The van der Waals surface area contributed by atoms with Gasteiger partial charge in [0.2, 0.25) is 0 Å². The lowest BCUT2D eigenvalue weighted by Gasteiger charge is -2.28. The van der Waals surface area contributed by atoms with E-state index in [4.69, 9.17) is 4.74 Å². The summed E-state index contributed by atoms with van der Waals surface area (Å²) in [5, 5.41) is 3.25. The molecule has 28 heavy (non-hydrogen) atoms. The van der Waals surface area contributed by atoms with Crippen LogP contribution in [0, 0.1) is 6.92 Å². The van der Waals surface area contributed by atoms with E-state index < -0.39 is 5.69 Å². The third-order valence-electron chi connectivity index (χ3n) is 5.04. The van der Waals surface area contributed by atoms with Crippen molar-refractivity contribution in [3.05, 3.63) is 62.4 Å². The van der Waals surface area contributed by atoms with E-state index in [0.717, 1.165) is 23.1 Å². The van der Waals surface area contributed by atoms with Gasteiger partial charge < -0.3 is 19.5 Å². The Kier molecular flexibility index (Phi) is 5.99. The first-order chi connectivity index (χ1) is 13.4. The molecule has 1 aromatic carbocycles. The average molecular weight is 386 g/mol. The van der Waals surface area contributed by atoms with Crippen molar-refractivity contribution in [3.8, 4) is 5.75 Å². The number of carbonyl (C=O) groups excluding carboxylic acids is 1. The molecule has 0 spiro atoms. The van der Waals surface area contributed by atoms with Gasteiger partial charge in [0.15, 0.2) is 6.61 Å². The molecule has 8 nitrogen and oxygen atoms in total. The predicted octanol–water partition coefficient (Wildman–Crippen LogP) is 0.162. The fourth-order valence-corrected chi connectivity index (χ4v) is 3.36. The van der Waals surface area contributed by atoms with Gasteiger partial charge in [-0.2, -0.15) is 0 Å². The highest BCUT2D eigenvalue weighted by atomic mass is 16.5. The van der Waals surface area contributed by atoms with Gasteiger partial charge in [-0.3, -0.25) is 14.2 Å². The van der Waals surface area contributed by atoms with Crippen molar-refractivity contribution in [2.24, 2.45) is 14.1 Å². The van der Waals surface area contributed by atoms with E-state index in [1.54, 1.807) is 11.9 Å². The molecule has 1 fully saturated rings. The molecule has 0 radical (unpaired) electrons. The maximum Gasteiger partial charge on any atom is 0.330 e. The first-order valence-electron chi connectivity index (χ1n) is 9.32. The molecule has 0 saturated carbocycles. The van der Waals surface area contributed by atoms with Crippen LogP contribution in [0.4, 0.5) is 0 Å². The second-order valence-corrected chi connectivity index (χ2v) is 7.18. The topological polar surface area (TPSA) is 85.6 Å². The molecule has 1 aliphatic rings. The Morgan fingerprint density at radius 2 is 1.96 bits per heavy atom. The molecule has 2 aromatic rings. The molecule has 3 rings (SSSR count). The van der Waals surface area contributed by atoms with Crippen molar-refractivity contribution in [2.45, 2.75) is 25.9 Å². The molecular weight excluding hydrogens is 360 g/mol. The first kappa shape index (κ1) is 19.9. The molecule has 1 aliphatic heterocycles. The molecule has 0 aliphatic carbocycles. The molecule has 8 heteroatoms. The molecule has 1 amide bonds. The van der Waals surface area contributed by atoms with Gasteiger partial charge in [-0.1, -0.05) is 17.7 Å². The molecule has 1 saturated heterocycles. The lowest BCUT2D eigenvalue weighted by Crippen LogP contribution is -2.46. The summed E-state index contributed by atoms with van der Waals surface area (Å²) in [7, 11) is 3.03. The molecule has 150 valence electrons. The van der Waals surface area contributed by atoms with Crippen LogP contribution < -0.4 is 21.3 Å². The van der Waals surface area contributed by atoms with Gasteiger partial charge in [0.05, 0.1) is 12.1 Å². The van der Waals surface area contributed by atoms with Crippen molar-refractivity contribution < 1.29 is 9.53 Å². The SMILES string of the molecule is Cc1ccc(OCC(=O)N(Cc2cn(C)c(=O)n(C)c2=O)[C@@H]2CCNC2)cc1. The van der Waals surface area contributed by atoms with E-state index >= 15 is 0 Å². The van der Waals surface area contributed by atoms with Crippen molar-refractivity contribution in [3.63, 3.8) is 0 Å². The summed E-state index contributed by atoms with van der Waals surface area (Å²) in [6, 6.07) is 7.48. The quantitative estimate of drug-likeness (QED) is 0.765. The van der Waals surface area contributed by atoms with Gasteiger partial charge >= 0.3 is 5.69 Å². The van der Waals surface area contributed by atoms with Gasteiger partial charge in [-0.05, 0) is 32.0 Å². The second-order valence-electron chi connectivity index (χ2n) is 7.18.